The van der Waals surface area contributed by atoms with Gasteiger partial charge in [-0.3, -0.25) is 41.8 Å². The lowest BCUT2D eigenvalue weighted by Gasteiger charge is -2.21. The molecule has 0 aromatic rings. The quantitative estimate of drug-likeness (QED) is 0.0494. The molecule has 0 heterocycles. The van der Waals surface area contributed by atoms with Crippen molar-refractivity contribution < 1.29 is 160 Å². The maximum Gasteiger partial charge on any atom is 0.289 e. The summed E-state index contributed by atoms with van der Waals surface area (Å²) in [5.41, 5.74) is 0. The fourth-order valence-electron chi connectivity index (χ4n) is 3.28. The Morgan fingerprint density at radius 3 is 0.802 bits per heavy atom. The van der Waals surface area contributed by atoms with Crippen molar-refractivity contribution in [2.75, 3.05) is 113 Å². The summed E-state index contributed by atoms with van der Waals surface area (Å²) in [6, 6.07) is 0. The summed E-state index contributed by atoms with van der Waals surface area (Å²) in [4.78, 5) is 0. The van der Waals surface area contributed by atoms with Crippen LogP contribution in [0.4, 0.5) is 0 Å². The third-order valence-electron chi connectivity index (χ3n) is 7.89. The molecule has 0 aromatic carbocycles. The van der Waals surface area contributed by atoms with Crippen LogP contribution < -0.4 is 0 Å². The molecule has 0 amide bonds. The van der Waals surface area contributed by atoms with E-state index in [0.717, 1.165) is 75.9 Å². The first kappa shape index (κ1) is 98.8. The molecule has 0 aromatic heterocycles. The second-order valence-corrected chi connectivity index (χ2v) is 47.0. The summed E-state index contributed by atoms with van der Waals surface area (Å²) in [5.74, 6) is 0.00297. The number of hydrogen-bond acceptors (Lipinski definition) is 38. The molecule has 0 aliphatic carbocycles. The van der Waals surface area contributed by atoms with Crippen LogP contribution in [0.1, 0.15) is 75.7 Å². The molecule has 38 nitrogen and oxygen atoms in total. The van der Waals surface area contributed by atoms with Gasteiger partial charge in [0.15, 0.2) is 54.6 Å². The van der Waals surface area contributed by atoms with E-state index in [9.17, 15) is 118 Å². The van der Waals surface area contributed by atoms with E-state index in [0.29, 0.717) is 6.42 Å². The van der Waals surface area contributed by atoms with Gasteiger partial charge in [0.2, 0.25) is 18.8 Å². The van der Waals surface area contributed by atoms with Crippen LogP contribution in [0.2, 0.25) is 0 Å². The van der Waals surface area contributed by atoms with Gasteiger partial charge in [-0.1, -0.05) is 6.92 Å². The minimum atomic E-state index is -4.18. The molecule has 0 aliphatic rings. The van der Waals surface area contributed by atoms with E-state index in [1.165, 1.54) is 41.5 Å². The molecule has 0 unspecified atom stereocenters. The van der Waals surface area contributed by atoms with Crippen LogP contribution in [0.15, 0.2) is 0 Å². The molecule has 0 saturated heterocycles. The van der Waals surface area contributed by atoms with E-state index in [-0.39, 0.29) is 32.3 Å². The van der Waals surface area contributed by atoms with Crippen molar-refractivity contribution in [3.05, 3.63) is 0 Å². The van der Waals surface area contributed by atoms with Crippen LogP contribution in [0.3, 0.4) is 0 Å². The maximum absolute atomic E-state index is 11.3. The van der Waals surface area contributed by atoms with E-state index in [2.05, 4.69) is 41.8 Å². The minimum absolute atomic E-state index is 0.00297. The molecular weight excluding hydrogens is 1490 g/mol. The summed E-state index contributed by atoms with van der Waals surface area (Å²) >= 11 is 5.14. The first-order valence-corrected chi connectivity index (χ1v) is 45.6. The summed E-state index contributed by atoms with van der Waals surface area (Å²) in [6.07, 6.45) is 2.19. The molecule has 0 spiro atoms. The number of halogens is 1. The Hall–Kier alpha value is -0.810. The fourth-order valence-corrected chi connectivity index (χ4v) is 22.2. The highest BCUT2D eigenvalue weighted by Gasteiger charge is 2.48. The molecule has 0 N–H and O–H groups in total. The maximum atomic E-state index is 11.3. The third kappa shape index (κ3) is 48.9. The van der Waals surface area contributed by atoms with Gasteiger partial charge in [-0.05, 0) is 68.7 Å². The largest absolute Gasteiger partial charge is 0.289 e. The Morgan fingerprint density at radius 1 is 0.349 bits per heavy atom. The topological polar surface area (TPSA) is 570 Å². The lowest BCUT2D eigenvalue weighted by atomic mass is 10.5. The lowest BCUT2D eigenvalue weighted by Crippen LogP contribution is -2.41. The number of sulfone groups is 4. The van der Waals surface area contributed by atoms with E-state index in [1.54, 1.807) is 6.92 Å². The van der Waals surface area contributed by atoms with Crippen molar-refractivity contribution in [3.63, 3.8) is 0 Å². The van der Waals surface area contributed by atoms with Crippen LogP contribution in [-0.4, -0.2) is 250 Å². The van der Waals surface area contributed by atoms with Crippen molar-refractivity contribution in [1.82, 2.24) is 0 Å². The highest BCUT2D eigenvalue weighted by molar-refractivity contribution is 8.09. The smallest absolute Gasteiger partial charge is 0.273 e. The van der Waals surface area contributed by atoms with Gasteiger partial charge in [0.1, 0.15) is 0 Å². The van der Waals surface area contributed by atoms with Crippen LogP contribution in [0, 0.1) is 0 Å². The van der Waals surface area contributed by atoms with Gasteiger partial charge < -0.3 is 0 Å². The first-order valence-electron chi connectivity index (χ1n) is 22.3. The second kappa shape index (κ2) is 41.0. The van der Waals surface area contributed by atoms with Crippen LogP contribution in [0.25, 0.3) is 0 Å². The van der Waals surface area contributed by atoms with E-state index in [4.69, 9.17) is 11.6 Å². The lowest BCUT2D eigenvalue weighted by molar-refractivity contribution is 0.320. The van der Waals surface area contributed by atoms with Gasteiger partial charge in [0, 0.05) is 18.4 Å². The predicted molar refractivity (Wildman–Crippen MR) is 313 cm³/mol. The molecule has 0 aliphatic heterocycles. The summed E-state index contributed by atoms with van der Waals surface area (Å²) in [7, 11) is -49.2. The molecule has 0 atom stereocenters. The van der Waals surface area contributed by atoms with Crippen molar-refractivity contribution in [2.24, 2.45) is 0 Å². The molecule has 0 radical (unpaired) electrons. The first-order chi connectivity index (χ1) is 37.7. The molecule has 53 heteroatoms. The average molecular weight is 1570 g/mol. The third-order valence-corrected chi connectivity index (χ3v) is 35.6. The van der Waals surface area contributed by atoms with Gasteiger partial charge in [0.05, 0.1) is 79.6 Å². The molecule has 86 heavy (non-hydrogen) atoms. The predicted octanol–water partition coefficient (Wildman–Crippen LogP) is -2.56. The van der Waals surface area contributed by atoms with E-state index >= 15 is 0 Å². The number of hydrogen-bond donors (Lipinski definition) is 0. The Balaban J connectivity index is -0.000000169. The van der Waals surface area contributed by atoms with Gasteiger partial charge in [0.25, 0.3) is 101 Å². The second-order valence-electron chi connectivity index (χ2n) is 16.2. The van der Waals surface area contributed by atoms with Crippen LogP contribution in [0.5, 0.6) is 0 Å². The van der Waals surface area contributed by atoms with Gasteiger partial charge in [-0.15, -0.1) is 11.6 Å². The Kier molecular flexibility index (Phi) is 47.1. The van der Waals surface area contributed by atoms with Gasteiger partial charge in [-0.25, -0.2) is 33.7 Å². The Labute approximate surface area is 515 Å². The number of alkyl halides is 1. The zero-order chi connectivity index (χ0) is 71.1. The molecule has 0 saturated carbocycles. The highest BCUT2D eigenvalue weighted by atomic mass is 35.5. The van der Waals surface area contributed by atoms with Crippen molar-refractivity contribution >= 4 is 152 Å². The zero-order valence-corrected chi connectivity index (χ0v) is 61.8. The molecule has 0 rings (SSSR count). The molecule has 0 bridgehead atoms. The SMILES string of the molecule is CC(C)S(=O)(=O)CS(=O)(=O)C(C)C.CCCOS(=O)(=O)CS(C)(=O)=O.CCOS(=O)(=O)CS(=O)(=O)OCC.COS(=O)(=O)C(C)(C)S(=O)(=O)OC.COS(=O)(=O)C(C)S(=O)(=O)OC.COS(=O)(=O)CS(=O)(=O)OC.CS(=O)(=O)CS(=O)(=O)OCCCl. The summed E-state index contributed by atoms with van der Waals surface area (Å²) < 4.78 is 341. The molecule has 530 valence electrons. The van der Waals surface area contributed by atoms with Crippen LogP contribution >= 0.6 is 11.6 Å². The Morgan fingerprint density at radius 2 is 0.605 bits per heavy atom. The highest BCUT2D eigenvalue weighted by Crippen LogP contribution is 2.25. The van der Waals surface area contributed by atoms with Crippen molar-refractivity contribution in [3.8, 4) is 0 Å². The van der Waals surface area contributed by atoms with Crippen molar-refractivity contribution in [2.45, 2.75) is 94.8 Å². The minimum Gasteiger partial charge on any atom is -0.273 e. The summed E-state index contributed by atoms with van der Waals surface area (Å²) in [5, 5.41) is -6.26. The molecular formula is C33H79ClO38S14. The monoisotopic (exact) mass is 1570 g/mol. The van der Waals surface area contributed by atoms with E-state index in [1.807, 2.05) is 0 Å². The zero-order valence-electron chi connectivity index (χ0n) is 49.6. The molecule has 0 fully saturated rings. The standard InChI is InChI=1S/C7H16O4S2.2C5H12O6S2.C5H12O5S2.C4H9ClO5S2.C4H10O6S2.C3H8O6S2/c1-6(2)12(8,9)5-13(10,11)7(3)4;1-5(2,12(6,7)10-3)13(8,9)11-4;1-3-10-12(6,7)5-13(8,9)11-4-2;1-3-4-10-12(8,9)5-11(2,6)7;1-11(6,7)4-12(8,9)10-3-2-5;1-4(11(5,6)9-2)12(7,8)10-3;1-8-10(4,5)3-11(6,7)9-2/h6-7H,5H2,1-4H3;1-4H3;3-5H2,1-2H3;3-5H2,1-2H3;2-4H2,1H3;4H,1-3H3;3H2,1-2H3. The van der Waals surface area contributed by atoms with E-state index < -0.39 is 185 Å². The fraction of sp³-hybridized carbons (Fsp3) is 1.00. The number of rotatable bonds is 32. The normalized spacial score (nSPS) is 13.6. The summed E-state index contributed by atoms with van der Waals surface area (Å²) in [6.45, 7) is 13.1. The van der Waals surface area contributed by atoms with Gasteiger partial charge in [-0.2, -0.15) is 84.2 Å². The Bertz CT molecular complexity index is 3430. The van der Waals surface area contributed by atoms with Gasteiger partial charge >= 0.3 is 0 Å². The average Bonchev–Trinajstić information content (AvgIpc) is 3.31. The van der Waals surface area contributed by atoms with Crippen LogP contribution in [-0.2, 0) is 182 Å². The van der Waals surface area contributed by atoms with Crippen molar-refractivity contribution in [1.29, 1.82) is 0 Å².